The Kier molecular flexibility index (Phi) is 4.16. The number of carbonyl (C=O) groups is 1. The van der Waals surface area contributed by atoms with Gasteiger partial charge in [0.1, 0.15) is 6.04 Å². The third-order valence-corrected chi connectivity index (χ3v) is 3.11. The van der Waals surface area contributed by atoms with Crippen molar-refractivity contribution in [3.8, 4) is 0 Å². The highest BCUT2D eigenvalue weighted by Crippen LogP contribution is 2.21. The van der Waals surface area contributed by atoms with Gasteiger partial charge in [-0.15, -0.1) is 0 Å². The summed E-state index contributed by atoms with van der Waals surface area (Å²) in [5, 5.41) is 3.10. The van der Waals surface area contributed by atoms with Gasteiger partial charge in [-0.05, 0) is 34.5 Å². The zero-order valence-corrected chi connectivity index (χ0v) is 12.0. The van der Waals surface area contributed by atoms with Crippen LogP contribution in [0.5, 0.6) is 0 Å². The van der Waals surface area contributed by atoms with Crippen LogP contribution in [0.2, 0.25) is 0 Å². The number of rotatable bonds is 4. The van der Waals surface area contributed by atoms with Gasteiger partial charge in [0.05, 0.1) is 11.9 Å². The minimum absolute atomic E-state index is 0.425. The summed E-state index contributed by atoms with van der Waals surface area (Å²) in [6.07, 6.45) is 3.33. The van der Waals surface area contributed by atoms with Crippen molar-refractivity contribution in [1.29, 1.82) is 0 Å². The van der Waals surface area contributed by atoms with E-state index in [2.05, 4.69) is 26.2 Å². The smallest absolute Gasteiger partial charge is 0.244 e. The molecular formula is C14H14BrN3O. The number of nitrogens with zero attached hydrogens (tertiary/aromatic N) is 1. The summed E-state index contributed by atoms with van der Waals surface area (Å²) >= 11 is 3.34. The van der Waals surface area contributed by atoms with E-state index in [0.29, 0.717) is 0 Å². The minimum Gasteiger partial charge on any atom is -0.369 e. The molecule has 1 atom stereocenters. The van der Waals surface area contributed by atoms with Crippen LogP contribution in [-0.2, 0) is 4.79 Å². The van der Waals surface area contributed by atoms with Crippen LogP contribution in [0.4, 0.5) is 5.69 Å². The van der Waals surface area contributed by atoms with E-state index in [1.54, 1.807) is 12.4 Å². The Labute approximate surface area is 120 Å². The van der Waals surface area contributed by atoms with E-state index < -0.39 is 11.9 Å². The van der Waals surface area contributed by atoms with Gasteiger partial charge in [-0.2, -0.15) is 0 Å². The molecular weight excluding hydrogens is 306 g/mol. The van der Waals surface area contributed by atoms with Gasteiger partial charge in [-0.1, -0.05) is 29.8 Å². The molecule has 1 heterocycles. The van der Waals surface area contributed by atoms with Gasteiger partial charge in [0.2, 0.25) is 5.91 Å². The number of aryl methyl sites for hydroxylation is 1. The third-order valence-electron chi connectivity index (χ3n) is 2.68. The van der Waals surface area contributed by atoms with Gasteiger partial charge >= 0.3 is 0 Å². The third kappa shape index (κ3) is 3.54. The lowest BCUT2D eigenvalue weighted by molar-refractivity contribution is -0.118. The Morgan fingerprint density at radius 2 is 2.16 bits per heavy atom. The summed E-state index contributed by atoms with van der Waals surface area (Å²) in [6.45, 7) is 1.97. The minimum atomic E-state index is -0.573. The van der Waals surface area contributed by atoms with E-state index in [9.17, 15) is 4.79 Å². The van der Waals surface area contributed by atoms with Gasteiger partial charge in [0, 0.05) is 10.7 Å². The summed E-state index contributed by atoms with van der Waals surface area (Å²) < 4.78 is 0.838. The summed E-state index contributed by atoms with van der Waals surface area (Å²) in [7, 11) is 0. The van der Waals surface area contributed by atoms with E-state index in [4.69, 9.17) is 5.73 Å². The number of anilines is 1. The van der Waals surface area contributed by atoms with Crippen LogP contribution in [0.15, 0.2) is 47.2 Å². The monoisotopic (exact) mass is 319 g/mol. The fourth-order valence-electron chi connectivity index (χ4n) is 1.83. The Morgan fingerprint density at radius 3 is 2.79 bits per heavy atom. The molecule has 0 fully saturated rings. The molecule has 98 valence electrons. The summed E-state index contributed by atoms with van der Waals surface area (Å²) in [5.41, 5.74) is 8.13. The number of nitrogens with two attached hydrogens (primary N) is 1. The maximum absolute atomic E-state index is 11.6. The number of carbonyl (C=O) groups excluding carboxylic acids is 1. The van der Waals surface area contributed by atoms with Crippen molar-refractivity contribution >= 4 is 27.5 Å². The van der Waals surface area contributed by atoms with Crippen LogP contribution in [-0.4, -0.2) is 10.9 Å². The highest BCUT2D eigenvalue weighted by molar-refractivity contribution is 9.10. The lowest BCUT2D eigenvalue weighted by Gasteiger charge is -2.17. The number of hydrogen-bond donors (Lipinski definition) is 2. The largest absolute Gasteiger partial charge is 0.369 e. The van der Waals surface area contributed by atoms with Crippen LogP contribution in [0.1, 0.15) is 17.2 Å². The second-order valence-electron chi connectivity index (χ2n) is 4.29. The highest BCUT2D eigenvalue weighted by Gasteiger charge is 2.17. The van der Waals surface area contributed by atoms with Gasteiger partial charge in [0.25, 0.3) is 0 Å². The van der Waals surface area contributed by atoms with Crippen LogP contribution in [0.25, 0.3) is 0 Å². The van der Waals surface area contributed by atoms with Crippen molar-refractivity contribution in [2.24, 2.45) is 5.73 Å². The number of hydrogen-bond acceptors (Lipinski definition) is 3. The summed E-state index contributed by atoms with van der Waals surface area (Å²) in [4.78, 5) is 15.7. The molecule has 4 nitrogen and oxygen atoms in total. The molecule has 0 radical (unpaired) electrons. The Hall–Kier alpha value is -1.88. The lowest BCUT2D eigenvalue weighted by Crippen LogP contribution is -2.27. The molecule has 0 aliphatic heterocycles. The number of primary amides is 1. The average Bonchev–Trinajstić information content (AvgIpc) is 2.35. The standard InChI is InChI=1S/C14H14BrN3O/c1-9-3-2-4-10(5-9)13(14(16)19)18-12-6-11(15)7-17-8-12/h2-8,13,18H,1H3,(H2,16,19)/t13-/m0/s1. The number of amides is 1. The van der Waals surface area contributed by atoms with E-state index in [-0.39, 0.29) is 0 Å². The molecule has 2 aromatic rings. The first kappa shape index (κ1) is 13.5. The first-order valence-electron chi connectivity index (χ1n) is 5.79. The highest BCUT2D eigenvalue weighted by atomic mass is 79.9. The van der Waals surface area contributed by atoms with Crippen LogP contribution >= 0.6 is 15.9 Å². The zero-order chi connectivity index (χ0) is 13.8. The molecule has 0 spiro atoms. The molecule has 5 heteroatoms. The lowest BCUT2D eigenvalue weighted by atomic mass is 10.0. The van der Waals surface area contributed by atoms with E-state index in [1.165, 1.54) is 0 Å². The molecule has 1 amide bonds. The van der Waals surface area contributed by atoms with Crippen LogP contribution < -0.4 is 11.1 Å². The normalized spacial score (nSPS) is 11.9. The number of nitrogens with one attached hydrogen (secondary N) is 1. The average molecular weight is 320 g/mol. The summed E-state index contributed by atoms with van der Waals surface area (Å²) in [6, 6.07) is 8.97. The second-order valence-corrected chi connectivity index (χ2v) is 5.20. The Bertz CT molecular complexity index is 601. The molecule has 0 unspecified atom stereocenters. The first-order valence-corrected chi connectivity index (χ1v) is 6.58. The van der Waals surface area contributed by atoms with Gasteiger partial charge < -0.3 is 11.1 Å². The summed E-state index contributed by atoms with van der Waals surface area (Å²) in [5.74, 6) is -0.425. The fraction of sp³-hybridized carbons (Fsp3) is 0.143. The molecule has 0 aliphatic carbocycles. The molecule has 0 saturated carbocycles. The molecule has 0 saturated heterocycles. The van der Waals surface area contributed by atoms with E-state index >= 15 is 0 Å². The van der Waals surface area contributed by atoms with Crippen molar-refractivity contribution in [2.75, 3.05) is 5.32 Å². The van der Waals surface area contributed by atoms with Crippen molar-refractivity contribution < 1.29 is 4.79 Å². The number of benzene rings is 1. The van der Waals surface area contributed by atoms with Crippen molar-refractivity contribution in [2.45, 2.75) is 13.0 Å². The fourth-order valence-corrected chi connectivity index (χ4v) is 2.19. The number of aromatic nitrogens is 1. The molecule has 0 aliphatic rings. The van der Waals surface area contributed by atoms with Crippen molar-refractivity contribution in [3.05, 3.63) is 58.3 Å². The molecule has 0 bridgehead atoms. The molecule has 1 aromatic carbocycles. The molecule has 3 N–H and O–H groups in total. The maximum atomic E-state index is 11.6. The Morgan fingerprint density at radius 1 is 1.37 bits per heavy atom. The predicted molar refractivity (Wildman–Crippen MR) is 78.7 cm³/mol. The number of halogens is 1. The zero-order valence-electron chi connectivity index (χ0n) is 10.4. The van der Waals surface area contributed by atoms with E-state index in [1.807, 2.05) is 37.3 Å². The van der Waals surface area contributed by atoms with Gasteiger partial charge in [-0.25, -0.2) is 0 Å². The van der Waals surface area contributed by atoms with E-state index in [0.717, 1.165) is 21.3 Å². The van der Waals surface area contributed by atoms with Crippen molar-refractivity contribution in [1.82, 2.24) is 4.98 Å². The predicted octanol–water partition coefficient (Wildman–Crippen LogP) is 2.79. The first-order chi connectivity index (χ1) is 9.06. The maximum Gasteiger partial charge on any atom is 0.244 e. The van der Waals surface area contributed by atoms with Crippen LogP contribution in [0.3, 0.4) is 0 Å². The molecule has 2 rings (SSSR count). The van der Waals surface area contributed by atoms with Gasteiger partial charge in [0.15, 0.2) is 0 Å². The second kappa shape index (κ2) is 5.84. The SMILES string of the molecule is Cc1cccc([C@H](Nc2cncc(Br)c2)C(N)=O)c1. The molecule has 19 heavy (non-hydrogen) atoms. The van der Waals surface area contributed by atoms with Crippen LogP contribution in [0, 0.1) is 6.92 Å². The quantitative estimate of drug-likeness (QED) is 0.910. The number of pyridine rings is 1. The van der Waals surface area contributed by atoms with Crippen molar-refractivity contribution in [3.63, 3.8) is 0 Å². The topological polar surface area (TPSA) is 68.0 Å². The Balaban J connectivity index is 2.29. The van der Waals surface area contributed by atoms with Gasteiger partial charge in [-0.3, -0.25) is 9.78 Å². The molecule has 1 aromatic heterocycles.